The first-order chi connectivity index (χ1) is 16.7. The Labute approximate surface area is 205 Å². The largest absolute Gasteiger partial charge is 0.465 e. The molecule has 0 saturated heterocycles. The molecule has 0 spiro atoms. The summed E-state index contributed by atoms with van der Waals surface area (Å²) in [6.07, 6.45) is -10.0. The topological polar surface area (TPSA) is 90.4 Å². The van der Waals surface area contributed by atoms with Crippen molar-refractivity contribution in [1.29, 1.82) is 0 Å². The van der Waals surface area contributed by atoms with Gasteiger partial charge in [-0.25, -0.2) is 4.79 Å². The third-order valence-corrected chi connectivity index (χ3v) is 5.37. The predicted molar refractivity (Wildman–Crippen MR) is 123 cm³/mol. The molecule has 3 aromatic carbocycles. The van der Waals surface area contributed by atoms with Crippen molar-refractivity contribution in [3.8, 4) is 0 Å². The molecule has 5 nitrogen and oxygen atoms in total. The Hall–Kier alpha value is -3.86. The SMILES string of the molecule is COC(=O)c1ccc(/C(N)=c2\cccc\c2=C(\N)Nc2cc(C(F)(F)F)cc(C(F)(F)F)c2)c(Cl)c1. The molecule has 190 valence electrons. The maximum Gasteiger partial charge on any atom is 0.416 e. The number of ether oxygens (including phenoxy) is 1. The number of nitrogens with one attached hydrogen (secondary N) is 1. The maximum atomic E-state index is 13.2. The van der Waals surface area contributed by atoms with Gasteiger partial charge in [-0.3, -0.25) is 0 Å². The molecule has 0 unspecified atom stereocenters. The number of methoxy groups -OCH3 is 1. The summed E-state index contributed by atoms with van der Waals surface area (Å²) in [4.78, 5) is 11.7. The van der Waals surface area contributed by atoms with Crippen LogP contribution in [0.15, 0.2) is 60.7 Å². The molecule has 0 aliphatic rings. The maximum absolute atomic E-state index is 13.2. The standard InChI is InChI=1S/C24H18ClF6N3O2/c1-36-22(35)12-6-7-18(19(25)8-12)20(32)16-4-2-3-5-17(16)21(33)34-15-10-13(23(26,27)28)9-14(11-15)24(29,30)31/h2-11,34H,32-33H2,1H3/b20-16-,21-17+. The normalized spacial score (nSPS) is 13.7. The Morgan fingerprint density at radius 2 is 1.42 bits per heavy atom. The minimum atomic E-state index is -5.02. The van der Waals surface area contributed by atoms with Crippen LogP contribution in [0.3, 0.4) is 0 Å². The Kier molecular flexibility index (Phi) is 7.44. The van der Waals surface area contributed by atoms with Crippen LogP contribution in [-0.2, 0) is 17.1 Å². The minimum absolute atomic E-state index is 0.0149. The molecule has 0 bridgehead atoms. The Bertz CT molecular complexity index is 1400. The van der Waals surface area contributed by atoms with Gasteiger partial charge in [-0.2, -0.15) is 26.3 Å². The molecular formula is C24H18ClF6N3O2. The van der Waals surface area contributed by atoms with Crippen molar-refractivity contribution in [2.24, 2.45) is 11.5 Å². The summed E-state index contributed by atoms with van der Waals surface area (Å²) in [5.74, 6) is -0.883. The molecule has 0 aliphatic heterocycles. The van der Waals surface area contributed by atoms with Crippen molar-refractivity contribution in [2.75, 3.05) is 12.4 Å². The number of hydrogen-bond acceptors (Lipinski definition) is 5. The molecule has 36 heavy (non-hydrogen) atoms. The zero-order chi connectivity index (χ0) is 26.8. The fourth-order valence-corrected chi connectivity index (χ4v) is 3.61. The summed E-state index contributed by atoms with van der Waals surface area (Å²) in [5, 5.41) is 2.99. The average molecular weight is 530 g/mol. The van der Waals surface area contributed by atoms with Crippen LogP contribution in [-0.4, -0.2) is 13.1 Å². The lowest BCUT2D eigenvalue weighted by molar-refractivity contribution is -0.143. The second-order valence-electron chi connectivity index (χ2n) is 7.48. The van der Waals surface area contributed by atoms with Gasteiger partial charge in [0.05, 0.1) is 28.8 Å². The predicted octanol–water partition coefficient (Wildman–Crippen LogP) is 4.42. The average Bonchev–Trinajstić information content (AvgIpc) is 2.81. The highest BCUT2D eigenvalue weighted by Gasteiger charge is 2.37. The van der Waals surface area contributed by atoms with E-state index >= 15 is 0 Å². The van der Waals surface area contributed by atoms with Gasteiger partial charge in [-0.05, 0) is 30.3 Å². The van der Waals surface area contributed by atoms with Crippen LogP contribution in [0.5, 0.6) is 0 Å². The second kappa shape index (κ2) is 10.0. The van der Waals surface area contributed by atoms with Crippen molar-refractivity contribution in [1.82, 2.24) is 0 Å². The van der Waals surface area contributed by atoms with Crippen LogP contribution in [0.25, 0.3) is 11.5 Å². The zero-order valence-corrected chi connectivity index (χ0v) is 19.1. The number of carbonyl (C=O) groups excluding carboxylic acids is 1. The van der Waals surface area contributed by atoms with Crippen molar-refractivity contribution >= 4 is 34.8 Å². The highest BCUT2D eigenvalue weighted by molar-refractivity contribution is 6.32. The molecule has 0 aromatic heterocycles. The molecule has 0 saturated carbocycles. The first-order valence-electron chi connectivity index (χ1n) is 10.0. The van der Waals surface area contributed by atoms with E-state index in [1.165, 1.54) is 37.4 Å². The Balaban J connectivity index is 2.18. The molecule has 3 rings (SSSR count). The Morgan fingerprint density at radius 1 is 0.861 bits per heavy atom. The quantitative estimate of drug-likeness (QED) is 0.344. The van der Waals surface area contributed by atoms with Gasteiger partial charge in [0.2, 0.25) is 0 Å². The molecule has 3 aromatic rings. The molecule has 12 heteroatoms. The lowest BCUT2D eigenvalue weighted by atomic mass is 10.1. The Morgan fingerprint density at radius 3 is 1.92 bits per heavy atom. The summed E-state index contributed by atoms with van der Waals surface area (Å²) in [6, 6.07) is 11.4. The third kappa shape index (κ3) is 5.85. The van der Waals surface area contributed by atoms with Crippen LogP contribution in [0.4, 0.5) is 32.0 Å². The molecule has 5 N–H and O–H groups in total. The number of rotatable bonds is 4. The molecule has 0 heterocycles. The minimum Gasteiger partial charge on any atom is -0.465 e. The number of nitrogens with two attached hydrogens (primary N) is 2. The summed E-state index contributed by atoms with van der Waals surface area (Å²) in [5.41, 5.74) is 9.41. The van der Waals surface area contributed by atoms with Gasteiger partial charge in [-0.1, -0.05) is 41.9 Å². The number of carbonyl (C=O) groups is 1. The molecular weight excluding hydrogens is 512 g/mol. The second-order valence-corrected chi connectivity index (χ2v) is 7.89. The van der Waals surface area contributed by atoms with Crippen LogP contribution >= 0.6 is 11.6 Å². The van der Waals surface area contributed by atoms with Crippen molar-refractivity contribution < 1.29 is 35.9 Å². The number of esters is 1. The van der Waals surface area contributed by atoms with Gasteiger partial charge in [-0.15, -0.1) is 0 Å². The summed E-state index contributed by atoms with van der Waals surface area (Å²) in [7, 11) is 1.20. The lowest BCUT2D eigenvalue weighted by Gasteiger charge is -2.15. The molecule has 0 radical (unpaired) electrons. The summed E-state index contributed by atoms with van der Waals surface area (Å²) < 4.78 is 83.8. The highest BCUT2D eigenvalue weighted by atomic mass is 35.5. The van der Waals surface area contributed by atoms with Gasteiger partial charge in [0.15, 0.2) is 0 Å². The fraction of sp³-hybridized carbons (Fsp3) is 0.125. The highest BCUT2D eigenvalue weighted by Crippen LogP contribution is 2.37. The third-order valence-electron chi connectivity index (χ3n) is 5.05. The van der Waals surface area contributed by atoms with E-state index in [0.717, 1.165) is 0 Å². The van der Waals surface area contributed by atoms with Crippen LogP contribution in [0.1, 0.15) is 27.0 Å². The number of alkyl halides is 6. The van der Waals surface area contributed by atoms with E-state index in [0.29, 0.717) is 22.9 Å². The molecule has 0 fully saturated rings. The molecule has 0 amide bonds. The van der Waals surface area contributed by atoms with Gasteiger partial charge >= 0.3 is 18.3 Å². The monoisotopic (exact) mass is 529 g/mol. The number of anilines is 1. The van der Waals surface area contributed by atoms with E-state index in [9.17, 15) is 31.1 Å². The van der Waals surface area contributed by atoms with Gasteiger partial charge in [0, 0.05) is 27.4 Å². The van der Waals surface area contributed by atoms with E-state index in [1.54, 1.807) is 12.1 Å². The van der Waals surface area contributed by atoms with E-state index in [2.05, 4.69) is 10.1 Å². The van der Waals surface area contributed by atoms with E-state index in [4.69, 9.17) is 23.1 Å². The smallest absolute Gasteiger partial charge is 0.416 e. The summed E-state index contributed by atoms with van der Waals surface area (Å²) in [6.45, 7) is 0. The zero-order valence-electron chi connectivity index (χ0n) is 18.4. The van der Waals surface area contributed by atoms with Crippen molar-refractivity contribution in [3.05, 3.63) is 98.4 Å². The fourth-order valence-electron chi connectivity index (χ4n) is 3.33. The van der Waals surface area contributed by atoms with E-state index in [-0.39, 0.29) is 33.4 Å². The van der Waals surface area contributed by atoms with Crippen LogP contribution in [0.2, 0.25) is 5.02 Å². The molecule has 0 aliphatic carbocycles. The first-order valence-corrected chi connectivity index (χ1v) is 10.4. The summed E-state index contributed by atoms with van der Waals surface area (Å²) >= 11 is 6.28. The van der Waals surface area contributed by atoms with Crippen LogP contribution in [0, 0.1) is 0 Å². The van der Waals surface area contributed by atoms with E-state index < -0.39 is 35.1 Å². The van der Waals surface area contributed by atoms with Crippen LogP contribution < -0.4 is 27.2 Å². The van der Waals surface area contributed by atoms with Gasteiger partial charge < -0.3 is 21.5 Å². The van der Waals surface area contributed by atoms with Crippen molar-refractivity contribution in [2.45, 2.75) is 12.4 Å². The number of halogens is 7. The lowest BCUT2D eigenvalue weighted by Crippen LogP contribution is -2.36. The van der Waals surface area contributed by atoms with Gasteiger partial charge in [0.25, 0.3) is 0 Å². The first kappa shape index (κ1) is 26.7. The molecule has 0 atom stereocenters. The number of benzene rings is 3. The van der Waals surface area contributed by atoms with Gasteiger partial charge in [0.1, 0.15) is 5.82 Å². The van der Waals surface area contributed by atoms with E-state index in [1.807, 2.05) is 0 Å². The number of hydrogen-bond donors (Lipinski definition) is 3. The van der Waals surface area contributed by atoms with Crippen molar-refractivity contribution in [3.63, 3.8) is 0 Å².